The molecule has 1 aromatic rings. The van der Waals surface area contributed by atoms with E-state index < -0.39 is 11.9 Å². The molecule has 1 fully saturated rings. The minimum absolute atomic E-state index is 0.0170. The second-order valence-corrected chi connectivity index (χ2v) is 3.98. The summed E-state index contributed by atoms with van der Waals surface area (Å²) < 4.78 is 0. The van der Waals surface area contributed by atoms with Crippen molar-refractivity contribution in [1.82, 2.24) is 0 Å². The zero-order chi connectivity index (χ0) is 12.6. The number of ketones is 1. The number of benzene rings is 1. The topological polar surface area (TPSA) is 80.5 Å². The largest absolute Gasteiger partial charge is 0.319 e. The molecule has 0 unspecified atom stereocenters. The molecule has 88 valence electrons. The van der Waals surface area contributed by atoms with Crippen LogP contribution in [-0.2, 0) is 9.59 Å². The normalized spacial score (nSPS) is 19.9. The fraction of sp³-hybridized carbons (Fsp3) is 0.250. The van der Waals surface area contributed by atoms with Gasteiger partial charge >= 0.3 is 0 Å². The molecule has 0 saturated carbocycles. The van der Waals surface area contributed by atoms with Crippen molar-refractivity contribution in [3.63, 3.8) is 0 Å². The van der Waals surface area contributed by atoms with E-state index in [1.165, 1.54) is 13.0 Å². The fourth-order valence-electron chi connectivity index (χ4n) is 1.79. The number of nitrogens with zero attached hydrogens (tertiary/aromatic N) is 1. The number of imide groups is 1. The van der Waals surface area contributed by atoms with Gasteiger partial charge in [0.1, 0.15) is 0 Å². The number of carbonyl (C=O) groups is 3. The molecule has 0 aromatic heterocycles. The molecule has 2 amide bonds. The first-order chi connectivity index (χ1) is 8.00. The zero-order valence-corrected chi connectivity index (χ0v) is 9.34. The summed E-state index contributed by atoms with van der Waals surface area (Å²) in [5.41, 5.74) is 6.38. The van der Waals surface area contributed by atoms with Crippen LogP contribution in [0.1, 0.15) is 23.7 Å². The Morgan fingerprint density at radius 1 is 1.41 bits per heavy atom. The number of carbonyl (C=O) groups excluding carboxylic acids is 3. The Kier molecular flexibility index (Phi) is 2.77. The van der Waals surface area contributed by atoms with Gasteiger partial charge in [0.2, 0.25) is 5.91 Å². The van der Waals surface area contributed by atoms with Crippen molar-refractivity contribution >= 4 is 23.3 Å². The molecule has 5 heteroatoms. The van der Waals surface area contributed by atoms with Crippen LogP contribution in [0.4, 0.5) is 5.69 Å². The lowest BCUT2D eigenvalue weighted by Crippen LogP contribution is -2.35. The monoisotopic (exact) mass is 232 g/mol. The first kappa shape index (κ1) is 11.5. The Morgan fingerprint density at radius 3 is 2.65 bits per heavy atom. The number of amides is 2. The molecule has 0 aliphatic carbocycles. The van der Waals surface area contributed by atoms with Crippen molar-refractivity contribution in [3.05, 3.63) is 29.8 Å². The van der Waals surface area contributed by atoms with Gasteiger partial charge in [-0.15, -0.1) is 0 Å². The van der Waals surface area contributed by atoms with Crippen LogP contribution >= 0.6 is 0 Å². The van der Waals surface area contributed by atoms with Crippen LogP contribution < -0.4 is 10.6 Å². The van der Waals surface area contributed by atoms with Crippen LogP contribution in [0, 0.1) is 0 Å². The number of hydrogen-bond acceptors (Lipinski definition) is 4. The Morgan fingerprint density at radius 2 is 2.12 bits per heavy atom. The van der Waals surface area contributed by atoms with Crippen LogP contribution in [0.25, 0.3) is 0 Å². The Hall–Kier alpha value is -2.01. The molecule has 0 bridgehead atoms. The lowest BCUT2D eigenvalue weighted by molar-refractivity contribution is -0.121. The SMILES string of the molecule is CC(=O)c1cccc(N2C(=O)C[C@H](N)C2=O)c1. The molecule has 2 rings (SSSR count). The van der Waals surface area contributed by atoms with Gasteiger partial charge in [0.05, 0.1) is 18.2 Å². The smallest absolute Gasteiger partial charge is 0.251 e. The molecule has 1 heterocycles. The molecular weight excluding hydrogens is 220 g/mol. The van der Waals surface area contributed by atoms with E-state index in [9.17, 15) is 14.4 Å². The highest BCUT2D eigenvalue weighted by atomic mass is 16.2. The van der Waals surface area contributed by atoms with E-state index in [2.05, 4.69) is 0 Å². The van der Waals surface area contributed by atoms with Crippen LogP contribution in [0.3, 0.4) is 0 Å². The second kappa shape index (κ2) is 4.10. The zero-order valence-electron chi connectivity index (χ0n) is 9.34. The van der Waals surface area contributed by atoms with E-state index in [-0.39, 0.29) is 18.1 Å². The average molecular weight is 232 g/mol. The van der Waals surface area contributed by atoms with E-state index in [4.69, 9.17) is 5.73 Å². The first-order valence-corrected chi connectivity index (χ1v) is 5.24. The third-order valence-corrected chi connectivity index (χ3v) is 2.69. The van der Waals surface area contributed by atoms with Gasteiger partial charge in [0.15, 0.2) is 5.78 Å². The average Bonchev–Trinajstić information content (AvgIpc) is 2.53. The van der Waals surface area contributed by atoms with E-state index in [1.807, 2.05) is 0 Å². The molecule has 1 aromatic carbocycles. The predicted octanol–water partition coefficient (Wildman–Crippen LogP) is 0.480. The summed E-state index contributed by atoms with van der Waals surface area (Å²) in [5, 5.41) is 0. The first-order valence-electron chi connectivity index (χ1n) is 5.24. The standard InChI is InChI=1S/C12H12N2O3/c1-7(15)8-3-2-4-9(5-8)14-11(16)6-10(13)12(14)17/h2-5,10H,6,13H2,1H3/t10-/m0/s1. The van der Waals surface area contributed by atoms with Gasteiger partial charge in [-0.2, -0.15) is 0 Å². The molecule has 1 aliphatic heterocycles. The number of hydrogen-bond donors (Lipinski definition) is 1. The molecule has 5 nitrogen and oxygen atoms in total. The lowest BCUT2D eigenvalue weighted by atomic mass is 10.1. The van der Waals surface area contributed by atoms with Crippen molar-refractivity contribution < 1.29 is 14.4 Å². The van der Waals surface area contributed by atoms with Gasteiger partial charge in [0.25, 0.3) is 5.91 Å². The maximum absolute atomic E-state index is 11.7. The summed E-state index contributed by atoms with van der Waals surface area (Å²) in [5.74, 6) is -0.867. The lowest BCUT2D eigenvalue weighted by Gasteiger charge is -2.14. The predicted molar refractivity (Wildman–Crippen MR) is 61.5 cm³/mol. The quantitative estimate of drug-likeness (QED) is 0.594. The maximum atomic E-state index is 11.7. The van der Waals surface area contributed by atoms with Crippen molar-refractivity contribution in [2.45, 2.75) is 19.4 Å². The summed E-state index contributed by atoms with van der Waals surface area (Å²) in [7, 11) is 0. The summed E-state index contributed by atoms with van der Waals surface area (Å²) in [4.78, 5) is 35.6. The number of rotatable bonds is 2. The summed E-state index contributed by atoms with van der Waals surface area (Å²) >= 11 is 0. The highest BCUT2D eigenvalue weighted by molar-refractivity contribution is 6.22. The molecular formula is C12H12N2O3. The van der Waals surface area contributed by atoms with Gasteiger partial charge in [-0.05, 0) is 19.1 Å². The molecule has 1 aliphatic rings. The number of anilines is 1. The minimum Gasteiger partial charge on any atom is -0.319 e. The highest BCUT2D eigenvalue weighted by Crippen LogP contribution is 2.23. The summed E-state index contributed by atoms with van der Waals surface area (Å²) in [6, 6.07) is 5.63. The highest BCUT2D eigenvalue weighted by Gasteiger charge is 2.37. The molecule has 0 spiro atoms. The van der Waals surface area contributed by atoms with Crippen LogP contribution in [0.15, 0.2) is 24.3 Å². The van der Waals surface area contributed by atoms with E-state index in [0.717, 1.165) is 4.90 Å². The van der Waals surface area contributed by atoms with Crippen molar-refractivity contribution in [1.29, 1.82) is 0 Å². The number of nitrogens with two attached hydrogens (primary N) is 1. The van der Waals surface area contributed by atoms with Gasteiger partial charge in [-0.25, -0.2) is 4.90 Å². The summed E-state index contributed by atoms with van der Waals surface area (Å²) in [6.07, 6.45) is 0.0170. The Labute approximate surface area is 98.2 Å². The van der Waals surface area contributed by atoms with Crippen LogP contribution in [0.5, 0.6) is 0 Å². The van der Waals surface area contributed by atoms with Crippen molar-refractivity contribution in [2.24, 2.45) is 5.73 Å². The van der Waals surface area contributed by atoms with Crippen LogP contribution in [-0.4, -0.2) is 23.6 Å². The van der Waals surface area contributed by atoms with E-state index >= 15 is 0 Å². The Bertz CT molecular complexity index is 510. The molecule has 1 saturated heterocycles. The van der Waals surface area contributed by atoms with Gasteiger partial charge in [-0.3, -0.25) is 14.4 Å². The molecule has 1 atom stereocenters. The molecule has 2 N–H and O–H groups in total. The third-order valence-electron chi connectivity index (χ3n) is 2.69. The maximum Gasteiger partial charge on any atom is 0.251 e. The van der Waals surface area contributed by atoms with Crippen molar-refractivity contribution in [2.75, 3.05) is 4.90 Å². The molecule has 0 radical (unpaired) electrons. The third kappa shape index (κ3) is 1.97. The van der Waals surface area contributed by atoms with Gasteiger partial charge < -0.3 is 5.73 Å². The van der Waals surface area contributed by atoms with Crippen molar-refractivity contribution in [3.8, 4) is 0 Å². The minimum atomic E-state index is -0.775. The second-order valence-electron chi connectivity index (χ2n) is 3.98. The van der Waals surface area contributed by atoms with Crippen LogP contribution in [0.2, 0.25) is 0 Å². The van der Waals surface area contributed by atoms with Gasteiger partial charge in [-0.1, -0.05) is 12.1 Å². The van der Waals surface area contributed by atoms with E-state index in [1.54, 1.807) is 18.2 Å². The Balaban J connectivity index is 2.40. The molecule has 17 heavy (non-hydrogen) atoms. The van der Waals surface area contributed by atoms with E-state index in [0.29, 0.717) is 11.3 Å². The fourth-order valence-corrected chi connectivity index (χ4v) is 1.79. The van der Waals surface area contributed by atoms with Gasteiger partial charge in [0, 0.05) is 5.56 Å². The number of Topliss-reactive ketones (excluding diaryl/α,β-unsaturated/α-hetero) is 1. The summed E-state index contributed by atoms with van der Waals surface area (Å²) in [6.45, 7) is 1.43.